The molecule has 1 amide bonds. The zero-order valence-corrected chi connectivity index (χ0v) is 23.1. The van der Waals surface area contributed by atoms with Gasteiger partial charge in [-0.2, -0.15) is 9.30 Å². The van der Waals surface area contributed by atoms with Crippen LogP contribution in [0.25, 0.3) is 10.2 Å². The number of carbonyl (C=O) groups is 2. The number of ether oxygens (including phenoxy) is 2. The fourth-order valence-electron chi connectivity index (χ4n) is 4.50. The Balaban J connectivity index is 1.43. The highest BCUT2D eigenvalue weighted by Crippen LogP contribution is 2.26. The van der Waals surface area contributed by atoms with Gasteiger partial charge in [0, 0.05) is 18.7 Å². The summed E-state index contributed by atoms with van der Waals surface area (Å²) in [5.41, 5.74) is 3.10. The third kappa shape index (κ3) is 5.51. The Hall–Kier alpha value is -3.80. The molecule has 0 N–H and O–H groups in total. The Morgan fingerprint density at radius 3 is 2.49 bits per heavy atom. The van der Waals surface area contributed by atoms with Crippen LogP contribution in [0, 0.1) is 0 Å². The van der Waals surface area contributed by atoms with Crippen molar-refractivity contribution in [2.45, 2.75) is 31.3 Å². The molecule has 0 fully saturated rings. The number of rotatable bonds is 7. The Morgan fingerprint density at radius 2 is 1.77 bits per heavy atom. The molecule has 3 aromatic carbocycles. The Kier molecular flexibility index (Phi) is 7.65. The van der Waals surface area contributed by atoms with E-state index in [1.807, 2.05) is 30.3 Å². The van der Waals surface area contributed by atoms with Crippen LogP contribution in [0.1, 0.15) is 28.4 Å². The molecule has 0 bridgehead atoms. The van der Waals surface area contributed by atoms with Gasteiger partial charge in [0.2, 0.25) is 10.0 Å². The van der Waals surface area contributed by atoms with E-state index in [0.717, 1.165) is 15.8 Å². The average Bonchev–Trinajstić information content (AvgIpc) is 3.28. The van der Waals surface area contributed by atoms with Crippen LogP contribution in [0.5, 0.6) is 5.75 Å². The lowest BCUT2D eigenvalue weighted by molar-refractivity contribution is -0.143. The van der Waals surface area contributed by atoms with Crippen LogP contribution < -0.4 is 9.54 Å². The van der Waals surface area contributed by atoms with Gasteiger partial charge in [-0.25, -0.2) is 8.42 Å². The third-order valence-corrected chi connectivity index (χ3v) is 9.41. The molecule has 1 aliphatic heterocycles. The summed E-state index contributed by atoms with van der Waals surface area (Å²) in [6.45, 7) is 2.56. The second kappa shape index (κ2) is 11.1. The van der Waals surface area contributed by atoms with Crippen molar-refractivity contribution in [3.63, 3.8) is 0 Å². The first-order chi connectivity index (χ1) is 18.8. The van der Waals surface area contributed by atoms with E-state index in [-0.39, 0.29) is 23.6 Å². The maximum atomic E-state index is 13.3. The molecular weight excluding hydrogens is 538 g/mol. The third-order valence-electron chi connectivity index (χ3n) is 6.51. The minimum atomic E-state index is -3.73. The predicted molar refractivity (Wildman–Crippen MR) is 147 cm³/mol. The molecule has 2 heterocycles. The van der Waals surface area contributed by atoms with Gasteiger partial charge < -0.3 is 14.0 Å². The largest absolute Gasteiger partial charge is 0.497 e. The lowest BCUT2D eigenvalue weighted by atomic mass is 10.0. The van der Waals surface area contributed by atoms with E-state index in [2.05, 4.69) is 4.99 Å². The summed E-state index contributed by atoms with van der Waals surface area (Å²) in [6, 6.07) is 19.0. The van der Waals surface area contributed by atoms with Gasteiger partial charge in [0.15, 0.2) is 4.80 Å². The second-order valence-corrected chi connectivity index (χ2v) is 11.9. The number of esters is 1. The molecule has 1 aromatic heterocycles. The summed E-state index contributed by atoms with van der Waals surface area (Å²) in [5, 5.41) is 0. The summed E-state index contributed by atoms with van der Waals surface area (Å²) in [7, 11) is -2.17. The van der Waals surface area contributed by atoms with Crippen molar-refractivity contribution in [1.82, 2.24) is 8.87 Å². The summed E-state index contributed by atoms with van der Waals surface area (Å²) in [4.78, 5) is 30.1. The zero-order valence-electron chi connectivity index (χ0n) is 21.5. The fraction of sp³-hybridized carbons (Fsp3) is 0.250. The number of benzene rings is 3. The number of carbonyl (C=O) groups excluding carboxylic acids is 2. The molecule has 0 unspecified atom stereocenters. The van der Waals surface area contributed by atoms with Gasteiger partial charge in [-0.15, -0.1) is 0 Å². The van der Waals surface area contributed by atoms with Crippen molar-refractivity contribution >= 4 is 43.5 Å². The van der Waals surface area contributed by atoms with Crippen LogP contribution in [0.3, 0.4) is 0 Å². The molecular formula is C28H27N3O6S2. The van der Waals surface area contributed by atoms with Crippen LogP contribution in [0.15, 0.2) is 76.6 Å². The maximum absolute atomic E-state index is 13.3. The van der Waals surface area contributed by atoms with Crippen LogP contribution in [-0.2, 0) is 39.1 Å². The van der Waals surface area contributed by atoms with Crippen LogP contribution in [-0.4, -0.2) is 49.4 Å². The summed E-state index contributed by atoms with van der Waals surface area (Å²) >= 11 is 1.24. The average molecular weight is 566 g/mol. The van der Waals surface area contributed by atoms with Gasteiger partial charge in [-0.05, 0) is 66.9 Å². The summed E-state index contributed by atoms with van der Waals surface area (Å²) < 4.78 is 40.8. The zero-order chi connectivity index (χ0) is 27.6. The number of aromatic nitrogens is 1. The minimum absolute atomic E-state index is 0.109. The Labute approximate surface area is 230 Å². The lowest BCUT2D eigenvalue weighted by Crippen LogP contribution is -2.35. The van der Waals surface area contributed by atoms with Crippen molar-refractivity contribution in [2.75, 3.05) is 20.3 Å². The van der Waals surface area contributed by atoms with Gasteiger partial charge >= 0.3 is 5.97 Å². The molecule has 1 aliphatic rings. The number of hydrogen-bond donors (Lipinski definition) is 0. The SMILES string of the molecule is CCOC(=O)Cn1c(=NC(=O)c2ccc(S(=O)(=O)N3CCc4ccccc4C3)cc2)sc2cc(OC)ccc21. The summed E-state index contributed by atoms with van der Waals surface area (Å²) in [5.74, 6) is -0.363. The molecule has 0 aliphatic carbocycles. The summed E-state index contributed by atoms with van der Waals surface area (Å²) in [6.07, 6.45) is 0.650. The van der Waals surface area contributed by atoms with Crippen LogP contribution in [0.2, 0.25) is 0 Å². The predicted octanol–water partition coefficient (Wildman–Crippen LogP) is 3.76. The fourth-order valence-corrected chi connectivity index (χ4v) is 6.97. The minimum Gasteiger partial charge on any atom is -0.497 e. The van der Waals surface area contributed by atoms with Crippen molar-refractivity contribution in [3.05, 3.63) is 88.2 Å². The standard InChI is InChI=1S/C28H27N3O6S2/c1-3-37-26(32)18-31-24-13-10-22(36-2)16-25(24)38-28(31)29-27(33)20-8-11-23(12-9-20)39(34,35)30-15-14-19-6-4-5-7-21(19)17-30/h4-13,16H,3,14-15,17-18H2,1-2H3. The molecule has 39 heavy (non-hydrogen) atoms. The van der Waals surface area contributed by atoms with E-state index < -0.39 is 21.9 Å². The number of amides is 1. The van der Waals surface area contributed by atoms with E-state index in [1.54, 1.807) is 30.7 Å². The van der Waals surface area contributed by atoms with E-state index >= 15 is 0 Å². The van der Waals surface area contributed by atoms with Gasteiger partial charge in [0.05, 0.1) is 28.8 Å². The molecule has 0 radical (unpaired) electrons. The van der Waals surface area contributed by atoms with E-state index in [1.165, 1.54) is 39.9 Å². The first-order valence-corrected chi connectivity index (χ1v) is 14.6. The highest BCUT2D eigenvalue weighted by Gasteiger charge is 2.28. The van der Waals surface area contributed by atoms with Gasteiger partial charge in [0.25, 0.3) is 5.91 Å². The number of fused-ring (bicyclic) bond motifs is 2. The molecule has 0 saturated carbocycles. The molecule has 9 nitrogen and oxygen atoms in total. The maximum Gasteiger partial charge on any atom is 0.326 e. The molecule has 4 aromatic rings. The highest BCUT2D eigenvalue weighted by molar-refractivity contribution is 7.89. The molecule has 5 rings (SSSR count). The van der Waals surface area contributed by atoms with E-state index in [4.69, 9.17) is 9.47 Å². The quantitative estimate of drug-likeness (QED) is 0.316. The number of hydrogen-bond acceptors (Lipinski definition) is 7. The Bertz CT molecular complexity index is 1720. The first kappa shape index (κ1) is 26.8. The van der Waals surface area contributed by atoms with Crippen molar-refractivity contribution in [1.29, 1.82) is 0 Å². The highest BCUT2D eigenvalue weighted by atomic mass is 32.2. The van der Waals surface area contributed by atoms with Crippen molar-refractivity contribution < 1.29 is 27.5 Å². The number of nitrogens with zero attached hydrogens (tertiary/aromatic N) is 3. The molecule has 0 spiro atoms. The number of thiazole rings is 1. The molecule has 11 heteroatoms. The molecule has 0 atom stereocenters. The lowest BCUT2D eigenvalue weighted by Gasteiger charge is -2.28. The number of methoxy groups -OCH3 is 1. The van der Waals surface area contributed by atoms with Crippen molar-refractivity contribution in [3.8, 4) is 5.75 Å². The monoisotopic (exact) mass is 565 g/mol. The van der Waals surface area contributed by atoms with Gasteiger partial charge in [-0.3, -0.25) is 9.59 Å². The van der Waals surface area contributed by atoms with Crippen LogP contribution in [0.4, 0.5) is 0 Å². The Morgan fingerprint density at radius 1 is 1.03 bits per heavy atom. The van der Waals surface area contributed by atoms with Gasteiger partial charge in [-0.1, -0.05) is 35.6 Å². The smallest absolute Gasteiger partial charge is 0.326 e. The normalized spacial score (nSPS) is 14.3. The second-order valence-electron chi connectivity index (χ2n) is 8.91. The van der Waals surface area contributed by atoms with E-state index in [9.17, 15) is 18.0 Å². The molecule has 202 valence electrons. The topological polar surface area (TPSA) is 107 Å². The van der Waals surface area contributed by atoms with E-state index in [0.29, 0.717) is 35.6 Å². The van der Waals surface area contributed by atoms with Crippen molar-refractivity contribution in [2.24, 2.45) is 4.99 Å². The van der Waals surface area contributed by atoms with Crippen LogP contribution >= 0.6 is 11.3 Å². The number of sulfonamides is 1. The first-order valence-electron chi connectivity index (χ1n) is 12.4. The molecule has 0 saturated heterocycles. The van der Waals surface area contributed by atoms with Gasteiger partial charge in [0.1, 0.15) is 12.3 Å².